The summed E-state index contributed by atoms with van der Waals surface area (Å²) in [5, 5.41) is 3.27. The Kier molecular flexibility index (Phi) is 4.92. The van der Waals surface area contributed by atoms with Crippen LogP contribution in [0.15, 0.2) is 18.2 Å². The maximum atomic E-state index is 11.2. The topological polar surface area (TPSA) is 98.2 Å². The van der Waals surface area contributed by atoms with Crippen molar-refractivity contribution in [2.24, 2.45) is 17.4 Å². The van der Waals surface area contributed by atoms with Crippen molar-refractivity contribution in [3.05, 3.63) is 29.3 Å². The number of nitrogens with one attached hydrogen (secondary N) is 1. The van der Waals surface area contributed by atoms with Crippen molar-refractivity contribution in [2.45, 2.75) is 33.2 Å². The normalized spacial score (nSPS) is 13.6. The van der Waals surface area contributed by atoms with Gasteiger partial charge in [0.05, 0.1) is 0 Å². The van der Waals surface area contributed by atoms with Crippen molar-refractivity contribution in [1.82, 2.24) is 0 Å². The van der Waals surface area contributed by atoms with Crippen molar-refractivity contribution in [2.75, 3.05) is 5.32 Å². The van der Waals surface area contributed by atoms with Crippen LogP contribution in [0.25, 0.3) is 0 Å². The molecule has 104 valence electrons. The zero-order chi connectivity index (χ0) is 14.6. The fraction of sp³-hybridized carbons (Fsp3) is 0.429. The first kappa shape index (κ1) is 15.0. The molecule has 2 amide bonds. The fourth-order valence-corrected chi connectivity index (χ4v) is 1.75. The van der Waals surface area contributed by atoms with Gasteiger partial charge in [0.15, 0.2) is 0 Å². The van der Waals surface area contributed by atoms with Gasteiger partial charge in [0.25, 0.3) is 0 Å². The van der Waals surface area contributed by atoms with Crippen molar-refractivity contribution in [3.8, 4) is 0 Å². The summed E-state index contributed by atoms with van der Waals surface area (Å²) in [6.45, 7) is 6.29. The molecule has 2 unspecified atom stereocenters. The van der Waals surface area contributed by atoms with Gasteiger partial charge < -0.3 is 16.8 Å². The number of nitrogens with two attached hydrogens (primary N) is 2. The van der Waals surface area contributed by atoms with E-state index >= 15 is 0 Å². The van der Waals surface area contributed by atoms with E-state index in [2.05, 4.69) is 26.1 Å². The Morgan fingerprint density at radius 2 is 1.58 bits per heavy atom. The van der Waals surface area contributed by atoms with Crippen LogP contribution in [0.3, 0.4) is 0 Å². The number of primary amides is 2. The molecule has 1 rings (SSSR count). The van der Waals surface area contributed by atoms with Crippen LogP contribution >= 0.6 is 0 Å². The minimum absolute atomic E-state index is 0.217. The molecule has 5 nitrogen and oxygen atoms in total. The van der Waals surface area contributed by atoms with Gasteiger partial charge >= 0.3 is 0 Å². The summed E-state index contributed by atoms with van der Waals surface area (Å²) in [5.74, 6) is -0.695. The van der Waals surface area contributed by atoms with Crippen molar-refractivity contribution < 1.29 is 9.59 Å². The molecular formula is C14H21N3O2. The average Bonchev–Trinajstić information content (AvgIpc) is 2.37. The van der Waals surface area contributed by atoms with Crippen LogP contribution in [0.2, 0.25) is 0 Å². The largest absolute Gasteiger partial charge is 0.382 e. The summed E-state index contributed by atoms with van der Waals surface area (Å²) in [4.78, 5) is 22.5. The molecule has 0 spiro atoms. The molecule has 5 heteroatoms. The molecule has 0 heterocycles. The Morgan fingerprint density at radius 1 is 1.11 bits per heavy atom. The monoisotopic (exact) mass is 263 g/mol. The first-order valence-electron chi connectivity index (χ1n) is 6.36. The second-order valence-corrected chi connectivity index (χ2v) is 4.85. The van der Waals surface area contributed by atoms with Crippen LogP contribution in [0.4, 0.5) is 5.69 Å². The SMILES string of the molecule is CCC(C)C(C)Nc1cc(C(N)=O)cc(C(N)=O)c1. The van der Waals surface area contributed by atoms with E-state index in [1.165, 1.54) is 6.07 Å². The fourth-order valence-electron chi connectivity index (χ4n) is 1.75. The Balaban J connectivity index is 3.06. The van der Waals surface area contributed by atoms with E-state index in [0.717, 1.165) is 6.42 Å². The van der Waals surface area contributed by atoms with Gasteiger partial charge in [0.1, 0.15) is 0 Å². The molecular weight excluding hydrogens is 242 g/mol. The molecule has 0 saturated carbocycles. The van der Waals surface area contributed by atoms with Crippen LogP contribution in [-0.4, -0.2) is 17.9 Å². The van der Waals surface area contributed by atoms with E-state index < -0.39 is 11.8 Å². The third-order valence-corrected chi connectivity index (χ3v) is 3.39. The summed E-state index contributed by atoms with van der Waals surface area (Å²) < 4.78 is 0. The smallest absolute Gasteiger partial charge is 0.248 e. The molecule has 5 N–H and O–H groups in total. The van der Waals surface area contributed by atoms with Gasteiger partial charge in [-0.3, -0.25) is 9.59 Å². The highest BCUT2D eigenvalue weighted by Crippen LogP contribution is 2.18. The standard InChI is InChI=1S/C14H21N3O2/c1-4-8(2)9(3)17-12-6-10(13(15)18)5-11(7-12)14(16)19/h5-9,17H,4H2,1-3H3,(H2,15,18)(H2,16,19). The second-order valence-electron chi connectivity index (χ2n) is 4.85. The van der Waals surface area contributed by atoms with Crippen molar-refractivity contribution in [1.29, 1.82) is 0 Å². The summed E-state index contributed by atoms with van der Waals surface area (Å²) in [6, 6.07) is 4.89. The molecule has 0 aromatic heterocycles. The van der Waals surface area contributed by atoms with E-state index in [0.29, 0.717) is 11.6 Å². The second kappa shape index (κ2) is 6.22. The molecule has 19 heavy (non-hydrogen) atoms. The molecule has 0 bridgehead atoms. The number of carbonyl (C=O) groups excluding carboxylic acids is 2. The lowest BCUT2D eigenvalue weighted by molar-refractivity contribution is 0.0999. The minimum atomic E-state index is -0.581. The number of hydrogen-bond acceptors (Lipinski definition) is 3. The van der Waals surface area contributed by atoms with Gasteiger partial charge in [-0.15, -0.1) is 0 Å². The predicted octanol–water partition coefficient (Wildman–Crippen LogP) is 1.73. The number of hydrogen-bond donors (Lipinski definition) is 3. The lowest BCUT2D eigenvalue weighted by atomic mass is 10.00. The first-order valence-corrected chi connectivity index (χ1v) is 6.36. The van der Waals surface area contributed by atoms with Crippen LogP contribution in [0.1, 0.15) is 47.9 Å². The molecule has 2 atom stereocenters. The van der Waals surface area contributed by atoms with Gasteiger partial charge in [0.2, 0.25) is 11.8 Å². The summed E-state index contributed by atoms with van der Waals surface area (Å²) in [5.41, 5.74) is 11.7. The molecule has 0 fully saturated rings. The first-order chi connectivity index (χ1) is 8.85. The van der Waals surface area contributed by atoms with Crippen LogP contribution in [0, 0.1) is 5.92 Å². The third kappa shape index (κ3) is 3.98. The Bertz CT molecular complexity index is 453. The molecule has 0 aliphatic heterocycles. The predicted molar refractivity (Wildman–Crippen MR) is 76.0 cm³/mol. The highest BCUT2D eigenvalue weighted by atomic mass is 16.1. The lowest BCUT2D eigenvalue weighted by Gasteiger charge is -2.21. The summed E-state index contributed by atoms with van der Waals surface area (Å²) in [6.07, 6.45) is 1.03. The van der Waals surface area contributed by atoms with Crippen LogP contribution < -0.4 is 16.8 Å². The lowest BCUT2D eigenvalue weighted by Crippen LogP contribution is -2.24. The number of benzene rings is 1. The molecule has 0 aliphatic rings. The van der Waals surface area contributed by atoms with E-state index in [-0.39, 0.29) is 17.2 Å². The summed E-state index contributed by atoms with van der Waals surface area (Å²) >= 11 is 0. The molecule has 0 radical (unpaired) electrons. The Labute approximate surface area is 113 Å². The van der Waals surface area contributed by atoms with E-state index in [9.17, 15) is 9.59 Å². The van der Waals surface area contributed by atoms with Gasteiger partial charge in [-0.25, -0.2) is 0 Å². The Morgan fingerprint density at radius 3 is 1.95 bits per heavy atom. The maximum Gasteiger partial charge on any atom is 0.248 e. The van der Waals surface area contributed by atoms with Gasteiger partial charge in [0, 0.05) is 22.9 Å². The third-order valence-electron chi connectivity index (χ3n) is 3.39. The van der Waals surface area contributed by atoms with E-state index in [1.807, 2.05) is 0 Å². The average molecular weight is 263 g/mol. The van der Waals surface area contributed by atoms with Gasteiger partial charge in [-0.2, -0.15) is 0 Å². The number of carbonyl (C=O) groups is 2. The molecule has 0 aliphatic carbocycles. The zero-order valence-electron chi connectivity index (χ0n) is 11.6. The van der Waals surface area contributed by atoms with Crippen molar-refractivity contribution >= 4 is 17.5 Å². The van der Waals surface area contributed by atoms with Crippen molar-refractivity contribution in [3.63, 3.8) is 0 Å². The number of amides is 2. The highest BCUT2D eigenvalue weighted by molar-refractivity contribution is 5.99. The van der Waals surface area contributed by atoms with E-state index in [1.54, 1.807) is 12.1 Å². The molecule has 0 saturated heterocycles. The van der Waals surface area contributed by atoms with Gasteiger partial charge in [-0.05, 0) is 31.0 Å². The zero-order valence-corrected chi connectivity index (χ0v) is 11.6. The number of anilines is 1. The highest BCUT2D eigenvalue weighted by Gasteiger charge is 2.13. The molecule has 1 aromatic rings. The van der Waals surface area contributed by atoms with E-state index in [4.69, 9.17) is 11.5 Å². The summed E-state index contributed by atoms with van der Waals surface area (Å²) in [7, 11) is 0. The number of rotatable bonds is 6. The quantitative estimate of drug-likeness (QED) is 0.729. The van der Waals surface area contributed by atoms with Gasteiger partial charge in [-0.1, -0.05) is 20.3 Å². The molecule has 1 aromatic carbocycles. The minimum Gasteiger partial charge on any atom is -0.382 e. The van der Waals surface area contributed by atoms with Crippen LogP contribution in [0.5, 0.6) is 0 Å². The Hall–Kier alpha value is -2.04. The maximum absolute atomic E-state index is 11.2. The van der Waals surface area contributed by atoms with Crippen LogP contribution in [-0.2, 0) is 0 Å².